The molecule has 29 heavy (non-hydrogen) atoms. The molecule has 3 aromatic rings. The van der Waals surface area contributed by atoms with E-state index < -0.39 is 5.97 Å². The Hall–Kier alpha value is -2.86. The minimum Gasteiger partial charge on any atom is -0.485 e. The number of hydrogen-bond acceptors (Lipinski definition) is 4. The maximum absolute atomic E-state index is 11.0. The van der Waals surface area contributed by atoms with Gasteiger partial charge in [-0.25, -0.2) is 0 Å². The molecule has 1 atom stereocenters. The number of ether oxygens (including phenoxy) is 1. The van der Waals surface area contributed by atoms with E-state index in [1.165, 1.54) is 11.1 Å². The maximum atomic E-state index is 11.0. The maximum Gasteiger partial charge on any atom is 0.317 e. The van der Waals surface area contributed by atoms with Crippen molar-refractivity contribution in [2.45, 2.75) is 39.8 Å². The summed E-state index contributed by atoms with van der Waals surface area (Å²) in [5, 5.41) is 17.2. The zero-order valence-electron chi connectivity index (χ0n) is 17.1. The number of rotatable bonds is 6. The van der Waals surface area contributed by atoms with Gasteiger partial charge in [-0.2, -0.15) is 5.10 Å². The lowest BCUT2D eigenvalue weighted by atomic mass is 9.93. The summed E-state index contributed by atoms with van der Waals surface area (Å²) in [5.41, 5.74) is 5.80. The molecule has 2 aromatic carbocycles. The Kier molecular flexibility index (Phi) is 5.28. The smallest absolute Gasteiger partial charge is 0.317 e. The number of carbonyl (C=O) groups is 1. The van der Waals surface area contributed by atoms with Crippen molar-refractivity contribution in [2.24, 2.45) is 5.92 Å². The van der Waals surface area contributed by atoms with Crippen LogP contribution < -0.4 is 4.74 Å². The fraction of sp³-hybridized carbons (Fsp3) is 0.391. The zero-order valence-corrected chi connectivity index (χ0v) is 17.1. The number of benzene rings is 2. The van der Waals surface area contributed by atoms with E-state index in [1.54, 1.807) is 0 Å². The van der Waals surface area contributed by atoms with Crippen molar-refractivity contribution in [2.75, 3.05) is 13.1 Å². The number of hydrogen-bond donors (Lipinski definition) is 2. The highest BCUT2D eigenvalue weighted by atomic mass is 16.5. The van der Waals surface area contributed by atoms with Gasteiger partial charge in [0.1, 0.15) is 11.9 Å². The molecule has 2 heterocycles. The van der Waals surface area contributed by atoms with Gasteiger partial charge in [0.25, 0.3) is 0 Å². The summed E-state index contributed by atoms with van der Waals surface area (Å²) in [5.74, 6) is 0.432. The highest BCUT2D eigenvalue weighted by Gasteiger charge is 2.24. The number of aromatic nitrogens is 2. The van der Waals surface area contributed by atoms with Gasteiger partial charge in [0, 0.05) is 18.5 Å². The van der Waals surface area contributed by atoms with E-state index >= 15 is 0 Å². The van der Waals surface area contributed by atoms with E-state index in [4.69, 9.17) is 9.84 Å². The lowest BCUT2D eigenvalue weighted by Crippen LogP contribution is -2.35. The van der Waals surface area contributed by atoms with Crippen LogP contribution in [0.3, 0.4) is 0 Å². The number of carboxylic acid groups (broad SMARTS) is 1. The van der Waals surface area contributed by atoms with E-state index in [-0.39, 0.29) is 12.6 Å². The van der Waals surface area contributed by atoms with Gasteiger partial charge in [-0.3, -0.25) is 14.8 Å². The molecule has 0 radical (unpaired) electrons. The monoisotopic (exact) mass is 393 g/mol. The molecule has 0 aliphatic carbocycles. The third-order valence-electron chi connectivity index (χ3n) is 5.73. The summed E-state index contributed by atoms with van der Waals surface area (Å²) in [7, 11) is 0. The second kappa shape index (κ2) is 7.87. The van der Waals surface area contributed by atoms with Crippen LogP contribution in [0.5, 0.6) is 5.75 Å². The Balaban J connectivity index is 1.60. The normalized spacial score (nSPS) is 15.4. The average Bonchev–Trinajstić information content (AvgIpc) is 3.14. The standard InChI is InChI=1S/C23H27N3O3/c1-14(2)23(16-4-6-20-18(10-16)11-24-25-20)29-21-7-5-17-12-26(13-22(27)28)9-8-19(17)15(21)3/h4-7,10-11,14,23H,8-9,12-13H2,1-3H3,(H,24,25)(H,27,28). The Morgan fingerprint density at radius 3 is 2.90 bits per heavy atom. The average molecular weight is 393 g/mol. The molecule has 6 heteroatoms. The van der Waals surface area contributed by atoms with Gasteiger partial charge in [-0.15, -0.1) is 0 Å². The lowest BCUT2D eigenvalue weighted by Gasteiger charge is -2.30. The molecule has 4 rings (SSSR count). The summed E-state index contributed by atoms with van der Waals surface area (Å²) in [6.45, 7) is 7.96. The van der Waals surface area contributed by atoms with Crippen molar-refractivity contribution < 1.29 is 14.6 Å². The SMILES string of the molecule is Cc1c(OC(c2ccc3[nH]ncc3c2)C(C)C)ccc2c1CCN(CC(=O)O)C2. The third kappa shape index (κ3) is 3.98. The Bertz CT molecular complexity index is 1040. The molecule has 2 N–H and O–H groups in total. The number of H-pyrrole nitrogens is 1. The van der Waals surface area contributed by atoms with Gasteiger partial charge >= 0.3 is 5.97 Å². The van der Waals surface area contributed by atoms with Gasteiger partial charge in [-0.05, 0) is 59.7 Å². The molecule has 0 spiro atoms. The minimum atomic E-state index is -0.778. The largest absolute Gasteiger partial charge is 0.485 e. The molecule has 1 aromatic heterocycles. The molecular weight excluding hydrogens is 366 g/mol. The van der Waals surface area contributed by atoms with E-state index in [0.29, 0.717) is 12.5 Å². The van der Waals surface area contributed by atoms with Crippen LogP contribution in [0, 0.1) is 12.8 Å². The van der Waals surface area contributed by atoms with Gasteiger partial charge in [0.2, 0.25) is 0 Å². The first kappa shape index (κ1) is 19.5. The highest BCUT2D eigenvalue weighted by molar-refractivity contribution is 5.78. The quantitative estimate of drug-likeness (QED) is 0.659. The molecule has 0 amide bonds. The van der Waals surface area contributed by atoms with Crippen molar-refractivity contribution >= 4 is 16.9 Å². The van der Waals surface area contributed by atoms with E-state index in [0.717, 1.165) is 40.7 Å². The lowest BCUT2D eigenvalue weighted by molar-refractivity contribution is -0.138. The second-order valence-corrected chi connectivity index (χ2v) is 8.18. The summed E-state index contributed by atoms with van der Waals surface area (Å²) < 4.78 is 6.54. The topological polar surface area (TPSA) is 78.5 Å². The first-order valence-corrected chi connectivity index (χ1v) is 10.1. The predicted octanol–water partition coefficient (Wildman–Crippen LogP) is 4.09. The van der Waals surface area contributed by atoms with Gasteiger partial charge in [-0.1, -0.05) is 26.0 Å². The summed E-state index contributed by atoms with van der Waals surface area (Å²) in [6, 6.07) is 10.4. The summed E-state index contributed by atoms with van der Waals surface area (Å²) in [4.78, 5) is 13.0. The number of aromatic amines is 1. The van der Waals surface area contributed by atoms with Crippen molar-refractivity contribution in [3.63, 3.8) is 0 Å². The number of aliphatic carboxylic acids is 1. The van der Waals surface area contributed by atoms with Gasteiger partial charge in [0.15, 0.2) is 0 Å². The minimum absolute atomic E-state index is 0.0573. The third-order valence-corrected chi connectivity index (χ3v) is 5.73. The molecule has 1 aliphatic rings. The van der Waals surface area contributed by atoms with Crippen molar-refractivity contribution in [3.8, 4) is 5.75 Å². The number of fused-ring (bicyclic) bond motifs is 2. The van der Waals surface area contributed by atoms with Crippen molar-refractivity contribution in [1.82, 2.24) is 15.1 Å². The molecule has 152 valence electrons. The Labute approximate surface area is 170 Å². The number of nitrogens with zero attached hydrogens (tertiary/aromatic N) is 2. The van der Waals surface area contributed by atoms with Crippen LogP contribution in [-0.4, -0.2) is 39.3 Å². The van der Waals surface area contributed by atoms with Crippen molar-refractivity contribution in [3.05, 3.63) is 58.8 Å². The molecular formula is C23H27N3O3. The van der Waals surface area contributed by atoms with Crippen LogP contribution in [0.4, 0.5) is 0 Å². The van der Waals surface area contributed by atoms with Crippen LogP contribution in [0.15, 0.2) is 36.5 Å². The molecule has 0 saturated heterocycles. The number of carboxylic acids is 1. The van der Waals surface area contributed by atoms with Crippen LogP contribution in [0.1, 0.15) is 42.2 Å². The first-order valence-electron chi connectivity index (χ1n) is 10.1. The van der Waals surface area contributed by atoms with Crippen LogP contribution in [0.2, 0.25) is 0 Å². The molecule has 6 nitrogen and oxygen atoms in total. The number of nitrogens with one attached hydrogen (secondary N) is 1. The fourth-order valence-electron chi connectivity index (χ4n) is 4.20. The van der Waals surface area contributed by atoms with E-state index in [2.05, 4.69) is 49.2 Å². The van der Waals surface area contributed by atoms with Crippen molar-refractivity contribution in [1.29, 1.82) is 0 Å². The molecule has 0 bridgehead atoms. The summed E-state index contributed by atoms with van der Waals surface area (Å²) >= 11 is 0. The van der Waals surface area contributed by atoms with Gasteiger partial charge < -0.3 is 9.84 Å². The predicted molar refractivity (Wildman–Crippen MR) is 112 cm³/mol. The fourth-order valence-corrected chi connectivity index (χ4v) is 4.20. The summed E-state index contributed by atoms with van der Waals surface area (Å²) in [6.07, 6.45) is 2.63. The molecule has 1 unspecified atom stereocenters. The molecule has 0 fully saturated rings. The van der Waals surface area contributed by atoms with Crippen LogP contribution >= 0.6 is 0 Å². The van der Waals surface area contributed by atoms with Gasteiger partial charge in [0.05, 0.1) is 18.3 Å². The second-order valence-electron chi connectivity index (χ2n) is 8.18. The Morgan fingerprint density at radius 1 is 1.31 bits per heavy atom. The van der Waals surface area contributed by atoms with E-state index in [1.807, 2.05) is 23.2 Å². The Morgan fingerprint density at radius 2 is 2.14 bits per heavy atom. The molecule has 1 aliphatic heterocycles. The van der Waals surface area contributed by atoms with Crippen LogP contribution in [0.25, 0.3) is 10.9 Å². The highest BCUT2D eigenvalue weighted by Crippen LogP contribution is 2.35. The molecule has 0 saturated carbocycles. The van der Waals surface area contributed by atoms with Crippen LogP contribution in [-0.2, 0) is 17.8 Å². The first-order chi connectivity index (χ1) is 13.9. The van der Waals surface area contributed by atoms with E-state index in [9.17, 15) is 4.79 Å². The zero-order chi connectivity index (χ0) is 20.5.